The first-order chi connectivity index (χ1) is 46.0. The number of aliphatic carboxylic acids is 2. The topological polar surface area (TPSA) is 109 Å². The second kappa shape index (κ2) is 39.7. The summed E-state index contributed by atoms with van der Waals surface area (Å²) in [6.45, 7) is 13.1. The molecule has 0 saturated carbocycles. The molecule has 0 saturated heterocycles. The largest absolute Gasteiger partial charge is 0.481 e. The molecule has 0 amide bonds. The van der Waals surface area contributed by atoms with Gasteiger partial charge in [-0.3, -0.25) is 14.4 Å². The van der Waals surface area contributed by atoms with Crippen molar-refractivity contribution in [2.24, 2.45) is 10.8 Å². The van der Waals surface area contributed by atoms with Gasteiger partial charge < -0.3 is 10.2 Å². The Morgan fingerprint density at radius 1 is 0.368 bits per heavy atom. The highest BCUT2D eigenvalue weighted by Crippen LogP contribution is 2.51. The number of Topliss-reactive ketones (excluding diaryl/α,β-unsaturated/α-hetero) is 1. The van der Waals surface area contributed by atoms with Crippen molar-refractivity contribution in [2.75, 3.05) is 17.3 Å². The monoisotopic (exact) mass is 1310 g/mol. The van der Waals surface area contributed by atoms with Gasteiger partial charge in [0.05, 0.1) is 20.7 Å². The molecule has 0 aliphatic rings. The van der Waals surface area contributed by atoms with E-state index in [1.165, 1.54) is 62.2 Å². The minimum Gasteiger partial charge on any atom is -0.481 e. The Balaban J connectivity index is 0.000000215. The summed E-state index contributed by atoms with van der Waals surface area (Å²) in [5.41, 5.74) is 11.0. The molecule has 9 rings (SSSR count). The third-order valence-corrected chi connectivity index (χ3v) is 20.2. The minimum absolute atomic E-state index is 0.0914. The molecular formula is C86H90O6S3. The first-order valence-electron chi connectivity index (χ1n) is 32.1. The molecule has 95 heavy (non-hydrogen) atoms. The van der Waals surface area contributed by atoms with Gasteiger partial charge in [0.1, 0.15) is 12.1 Å². The fourth-order valence-electron chi connectivity index (χ4n) is 11.4. The fourth-order valence-corrected chi connectivity index (χ4v) is 15.8. The molecular weight excluding hydrogens is 1230 g/mol. The predicted molar refractivity (Wildman–Crippen MR) is 404 cm³/mol. The van der Waals surface area contributed by atoms with E-state index in [-0.39, 0.29) is 37.3 Å². The van der Waals surface area contributed by atoms with Crippen LogP contribution >= 0.6 is 35.3 Å². The first kappa shape index (κ1) is 75.0. The summed E-state index contributed by atoms with van der Waals surface area (Å²) in [5.74, 6) is 1.34. The summed E-state index contributed by atoms with van der Waals surface area (Å²) < 4.78 is -0.862. The van der Waals surface area contributed by atoms with E-state index in [1.54, 1.807) is 13.0 Å². The summed E-state index contributed by atoms with van der Waals surface area (Å²) in [5, 5.41) is 17.0. The molecule has 0 unspecified atom stereocenters. The van der Waals surface area contributed by atoms with Crippen molar-refractivity contribution in [2.45, 2.75) is 81.0 Å². The van der Waals surface area contributed by atoms with Gasteiger partial charge in [-0.1, -0.05) is 350 Å². The van der Waals surface area contributed by atoms with E-state index in [4.69, 9.17) is 10.2 Å². The van der Waals surface area contributed by atoms with Crippen LogP contribution in [0.15, 0.2) is 334 Å². The molecule has 0 aliphatic heterocycles. The number of ketones is 1. The number of rotatable bonds is 30. The molecule has 0 radical (unpaired) electrons. The molecule has 0 aliphatic carbocycles. The van der Waals surface area contributed by atoms with Crippen LogP contribution in [0.5, 0.6) is 0 Å². The Labute approximate surface area is 578 Å². The number of carbonyl (C=O) groups is 4. The Hall–Kier alpha value is -8.99. The van der Waals surface area contributed by atoms with Crippen LogP contribution in [0.2, 0.25) is 0 Å². The summed E-state index contributed by atoms with van der Waals surface area (Å²) in [7, 11) is 0. The number of benzene rings is 9. The quantitative estimate of drug-likeness (QED) is 0.0114. The maximum Gasteiger partial charge on any atom is 0.328 e. The maximum absolute atomic E-state index is 11.5. The molecule has 0 fully saturated rings. The Morgan fingerprint density at radius 2 is 0.600 bits per heavy atom. The van der Waals surface area contributed by atoms with Crippen molar-refractivity contribution < 1.29 is 29.4 Å². The molecule has 9 aromatic rings. The number of hydrogen-bond acceptors (Lipinski definition) is 7. The van der Waals surface area contributed by atoms with Crippen molar-refractivity contribution in [3.63, 3.8) is 0 Å². The number of allylic oxidation sites excluding steroid dienone is 8. The summed E-state index contributed by atoms with van der Waals surface area (Å²) in [4.78, 5) is 42.7. The highest BCUT2D eigenvalue weighted by atomic mass is 32.2. The van der Waals surface area contributed by atoms with Gasteiger partial charge >= 0.3 is 11.9 Å². The summed E-state index contributed by atoms with van der Waals surface area (Å²) >= 11 is 5.81. The van der Waals surface area contributed by atoms with Crippen molar-refractivity contribution in [1.29, 1.82) is 0 Å². The Kier molecular flexibility index (Phi) is 31.3. The van der Waals surface area contributed by atoms with E-state index in [2.05, 4.69) is 312 Å². The van der Waals surface area contributed by atoms with Crippen LogP contribution < -0.4 is 0 Å². The average molecular weight is 1320 g/mol. The lowest BCUT2D eigenvalue weighted by Crippen LogP contribution is -2.26. The van der Waals surface area contributed by atoms with Gasteiger partial charge in [0, 0.05) is 12.5 Å². The SMILES string of the molecule is C=C/C=C/C(=O)O.CC(=O)CC(C)(C)/C=C/CCSC(c1ccccc1)(c1ccccc1)c1ccccc1.CC(C)(/C=C/CCSC(c1ccccc1)(c1ccccc1)c1ccccc1)CC(=O)O.O=C/C=C/CCSC(c1ccccc1)(c1ccccc1)c1ccccc1. The van der Waals surface area contributed by atoms with E-state index in [9.17, 15) is 19.2 Å². The van der Waals surface area contributed by atoms with Crippen LogP contribution in [0.3, 0.4) is 0 Å². The first-order valence-corrected chi connectivity index (χ1v) is 35.1. The molecule has 2 N–H and O–H groups in total. The van der Waals surface area contributed by atoms with E-state index < -0.39 is 11.9 Å². The Bertz CT molecular complexity index is 3340. The van der Waals surface area contributed by atoms with Crippen molar-refractivity contribution >= 4 is 59.3 Å². The van der Waals surface area contributed by atoms with Crippen molar-refractivity contribution in [1.82, 2.24) is 0 Å². The summed E-state index contributed by atoms with van der Waals surface area (Å²) in [6.07, 6.45) is 20.2. The Morgan fingerprint density at radius 3 is 0.789 bits per heavy atom. The van der Waals surface area contributed by atoms with E-state index in [0.29, 0.717) is 6.42 Å². The van der Waals surface area contributed by atoms with Crippen LogP contribution in [0.25, 0.3) is 0 Å². The van der Waals surface area contributed by atoms with E-state index in [1.807, 2.05) is 61.3 Å². The van der Waals surface area contributed by atoms with Crippen LogP contribution in [-0.2, 0) is 33.4 Å². The van der Waals surface area contributed by atoms with Crippen molar-refractivity contribution in [3.05, 3.63) is 384 Å². The maximum atomic E-state index is 11.5. The molecule has 488 valence electrons. The van der Waals surface area contributed by atoms with Crippen LogP contribution in [0.1, 0.15) is 117 Å². The molecule has 0 bridgehead atoms. The van der Waals surface area contributed by atoms with E-state index in [0.717, 1.165) is 48.9 Å². The number of carboxylic acid groups (broad SMARTS) is 2. The predicted octanol–water partition coefficient (Wildman–Crippen LogP) is 21.5. The third kappa shape index (κ3) is 23.2. The highest BCUT2D eigenvalue weighted by Gasteiger charge is 2.39. The second-order valence-electron chi connectivity index (χ2n) is 24.0. The molecule has 9 heteroatoms. The molecule has 6 nitrogen and oxygen atoms in total. The van der Waals surface area contributed by atoms with Gasteiger partial charge in [-0.2, -0.15) is 0 Å². The lowest BCUT2D eigenvalue weighted by molar-refractivity contribution is -0.138. The van der Waals surface area contributed by atoms with Crippen LogP contribution in [0, 0.1) is 10.8 Å². The molecule has 9 aromatic carbocycles. The molecule has 0 heterocycles. The van der Waals surface area contributed by atoms with Crippen LogP contribution in [-0.4, -0.2) is 51.5 Å². The van der Waals surface area contributed by atoms with Gasteiger partial charge in [0.25, 0.3) is 0 Å². The normalized spacial score (nSPS) is 11.8. The van der Waals surface area contributed by atoms with Crippen LogP contribution in [0.4, 0.5) is 0 Å². The fraction of sp³-hybridized carbons (Fsp3) is 0.209. The smallest absolute Gasteiger partial charge is 0.328 e. The number of hydrogen-bond donors (Lipinski definition) is 2. The molecule has 0 spiro atoms. The highest BCUT2D eigenvalue weighted by molar-refractivity contribution is 8.01. The van der Waals surface area contributed by atoms with Gasteiger partial charge in [0.2, 0.25) is 0 Å². The van der Waals surface area contributed by atoms with Gasteiger partial charge in [-0.25, -0.2) is 4.79 Å². The van der Waals surface area contributed by atoms with Crippen molar-refractivity contribution in [3.8, 4) is 0 Å². The zero-order valence-corrected chi connectivity index (χ0v) is 57.8. The number of carboxylic acids is 2. The van der Waals surface area contributed by atoms with Gasteiger partial charge in [-0.05, 0) is 110 Å². The van der Waals surface area contributed by atoms with Gasteiger partial charge in [-0.15, -0.1) is 35.3 Å². The van der Waals surface area contributed by atoms with Gasteiger partial charge in [0.15, 0.2) is 0 Å². The lowest BCUT2D eigenvalue weighted by Gasteiger charge is -2.35. The zero-order chi connectivity index (χ0) is 68.1. The zero-order valence-electron chi connectivity index (χ0n) is 55.4. The summed E-state index contributed by atoms with van der Waals surface area (Å²) in [6, 6.07) is 96.4. The number of carbonyl (C=O) groups excluding carboxylic acids is 2. The molecule has 0 atom stereocenters. The minimum atomic E-state index is -0.945. The second-order valence-corrected chi connectivity index (χ2v) is 27.9. The third-order valence-electron chi connectivity index (χ3n) is 15.5. The molecule has 0 aromatic heterocycles. The number of aldehydes is 1. The number of thioether (sulfide) groups is 3. The standard InChI is InChI=1S/C29H32OS.C28H30O2S.C24H22OS.C5H6O2/c1-24(30)23-28(2,3)21-13-14-22-31-29(25-15-7-4-8-16-25,26-17-9-5-10-18-26)27-19-11-6-12-20-27;1-27(2,22-26(29)30)20-12-13-21-31-28(23-14-6-3-7-15-23,24-16-8-4-9-17-24)25-18-10-5-11-19-25;25-19-11-4-12-20-26-24(21-13-5-1-6-14-21,22-15-7-2-8-16-22)23-17-9-3-10-18-23;1-2-3-4-5(6)7/h4-13,15-21H,14,22-23H2,1-3H3;3-12,14-20H,13,21-22H2,1-2H3,(H,29,30);1-11,13-19H,12,20H2;2-4H,1H2,(H,6,7)/b21-13+;20-12+;11-4+;4-3+. The lowest BCUT2D eigenvalue weighted by atomic mass is 9.84. The average Bonchev–Trinajstić information content (AvgIpc) is 0.781. The van der Waals surface area contributed by atoms with E-state index >= 15 is 0 Å².